The van der Waals surface area contributed by atoms with E-state index in [9.17, 15) is 4.79 Å². The lowest BCUT2D eigenvalue weighted by atomic mass is 10.2. The third-order valence-electron chi connectivity index (χ3n) is 1.02. The molecule has 0 aliphatic rings. The van der Waals surface area contributed by atoms with Crippen LogP contribution in [0, 0.1) is 0 Å². The van der Waals surface area contributed by atoms with Crippen molar-refractivity contribution in [2.24, 2.45) is 5.73 Å². The van der Waals surface area contributed by atoms with Crippen LogP contribution in [0.5, 0.6) is 0 Å². The molecule has 0 aromatic rings. The maximum atomic E-state index is 9.90. The number of aliphatic hydroxyl groups is 1. The van der Waals surface area contributed by atoms with Gasteiger partial charge in [-0.05, 0) is 6.92 Å². The first-order valence-electron chi connectivity index (χ1n) is 2.89. The van der Waals surface area contributed by atoms with Crippen LogP contribution in [0.25, 0.3) is 0 Å². The van der Waals surface area contributed by atoms with Gasteiger partial charge in [-0.25, -0.2) is 4.79 Å². The van der Waals surface area contributed by atoms with Crippen molar-refractivity contribution in [1.29, 1.82) is 0 Å². The molecular formula is C6H11NO3. The molecule has 0 radical (unpaired) electrons. The molecule has 0 heterocycles. The molecule has 0 aromatic carbocycles. The molecule has 0 saturated carbocycles. The highest BCUT2D eigenvalue weighted by atomic mass is 16.4. The van der Waals surface area contributed by atoms with E-state index in [1.54, 1.807) is 0 Å². The zero-order valence-corrected chi connectivity index (χ0v) is 5.69. The summed E-state index contributed by atoms with van der Waals surface area (Å²) in [4.78, 5) is 9.90. The van der Waals surface area contributed by atoms with E-state index in [1.807, 2.05) is 0 Å². The average Bonchev–Trinajstić information content (AvgIpc) is 1.82. The molecule has 4 heteroatoms. The minimum atomic E-state index is -1.06. The summed E-state index contributed by atoms with van der Waals surface area (Å²) in [5.41, 5.74) is 5.26. The normalized spacial score (nSPS) is 17.1. The largest absolute Gasteiger partial charge is 0.478 e. The standard InChI is InChI=1S/C6H11NO3/c1-4(8)5(7)2-3-6(9)10/h2-5,8H,7H2,1H3,(H,9,10)/b3-2+. The Labute approximate surface area is 59.0 Å². The highest BCUT2D eigenvalue weighted by molar-refractivity contribution is 5.79. The first-order valence-corrected chi connectivity index (χ1v) is 2.89. The number of carboxylic acid groups (broad SMARTS) is 1. The SMILES string of the molecule is CC(O)C(N)/C=C/C(=O)O. The van der Waals surface area contributed by atoms with Crippen molar-refractivity contribution >= 4 is 5.97 Å². The van der Waals surface area contributed by atoms with E-state index in [1.165, 1.54) is 13.0 Å². The number of nitrogens with two attached hydrogens (primary N) is 1. The van der Waals surface area contributed by atoms with Crippen molar-refractivity contribution in [1.82, 2.24) is 0 Å². The topological polar surface area (TPSA) is 83.5 Å². The van der Waals surface area contributed by atoms with Gasteiger partial charge in [-0.2, -0.15) is 0 Å². The van der Waals surface area contributed by atoms with Gasteiger partial charge in [0, 0.05) is 12.1 Å². The second-order valence-corrected chi connectivity index (χ2v) is 2.02. The van der Waals surface area contributed by atoms with E-state index in [0.717, 1.165) is 6.08 Å². The fourth-order valence-electron chi connectivity index (χ4n) is 0.354. The molecule has 4 N–H and O–H groups in total. The predicted octanol–water partition coefficient (Wildman–Crippen LogP) is -0.665. The molecule has 2 atom stereocenters. The van der Waals surface area contributed by atoms with Gasteiger partial charge in [0.05, 0.1) is 6.10 Å². The lowest BCUT2D eigenvalue weighted by Crippen LogP contribution is -2.30. The number of carboxylic acids is 1. The molecule has 2 unspecified atom stereocenters. The Morgan fingerprint density at radius 2 is 2.20 bits per heavy atom. The molecule has 0 rings (SSSR count). The summed E-state index contributed by atoms with van der Waals surface area (Å²) in [6, 6.07) is -0.601. The lowest BCUT2D eigenvalue weighted by molar-refractivity contribution is -0.131. The Bertz CT molecular complexity index is 142. The molecule has 58 valence electrons. The van der Waals surface area contributed by atoms with Crippen LogP contribution in [0.3, 0.4) is 0 Å². The number of carbonyl (C=O) groups is 1. The number of aliphatic carboxylic acids is 1. The van der Waals surface area contributed by atoms with E-state index in [0.29, 0.717) is 0 Å². The average molecular weight is 145 g/mol. The molecule has 0 fully saturated rings. The maximum absolute atomic E-state index is 9.90. The Morgan fingerprint density at radius 1 is 1.70 bits per heavy atom. The van der Waals surface area contributed by atoms with Gasteiger partial charge in [-0.1, -0.05) is 6.08 Å². The molecule has 0 amide bonds. The van der Waals surface area contributed by atoms with Crippen molar-refractivity contribution in [2.75, 3.05) is 0 Å². The highest BCUT2D eigenvalue weighted by Gasteiger charge is 2.03. The van der Waals surface area contributed by atoms with Crippen LogP contribution in [-0.4, -0.2) is 28.3 Å². The Hall–Kier alpha value is -0.870. The second-order valence-electron chi connectivity index (χ2n) is 2.02. The summed E-state index contributed by atoms with van der Waals surface area (Å²) < 4.78 is 0. The lowest BCUT2D eigenvalue weighted by Gasteiger charge is -2.07. The van der Waals surface area contributed by atoms with Crippen LogP contribution in [0.15, 0.2) is 12.2 Å². The maximum Gasteiger partial charge on any atom is 0.328 e. The fourth-order valence-corrected chi connectivity index (χ4v) is 0.354. The molecule has 0 bridgehead atoms. The van der Waals surface area contributed by atoms with Crippen LogP contribution in [0.4, 0.5) is 0 Å². The number of hydrogen-bond donors (Lipinski definition) is 3. The van der Waals surface area contributed by atoms with Crippen LogP contribution in [-0.2, 0) is 4.79 Å². The number of aliphatic hydroxyl groups excluding tert-OH is 1. The Kier molecular flexibility index (Phi) is 3.68. The molecular weight excluding hydrogens is 134 g/mol. The van der Waals surface area contributed by atoms with Crippen LogP contribution < -0.4 is 5.73 Å². The second kappa shape index (κ2) is 4.03. The smallest absolute Gasteiger partial charge is 0.328 e. The summed E-state index contributed by atoms with van der Waals surface area (Å²) in [6.45, 7) is 1.50. The van der Waals surface area contributed by atoms with Crippen LogP contribution in [0.2, 0.25) is 0 Å². The molecule has 0 aliphatic heterocycles. The van der Waals surface area contributed by atoms with E-state index in [2.05, 4.69) is 0 Å². The summed E-state index contributed by atoms with van der Waals surface area (Å²) in [7, 11) is 0. The van der Waals surface area contributed by atoms with Gasteiger partial charge in [0.25, 0.3) is 0 Å². The van der Waals surface area contributed by atoms with Crippen molar-refractivity contribution < 1.29 is 15.0 Å². The zero-order chi connectivity index (χ0) is 8.15. The highest BCUT2D eigenvalue weighted by Crippen LogP contribution is 1.89. The summed E-state index contributed by atoms with van der Waals surface area (Å²) in [6.07, 6.45) is 1.44. The van der Waals surface area contributed by atoms with E-state index in [4.69, 9.17) is 15.9 Å². The molecule has 10 heavy (non-hydrogen) atoms. The minimum absolute atomic E-state index is 0.601. The van der Waals surface area contributed by atoms with Gasteiger partial charge in [0.15, 0.2) is 0 Å². The molecule has 0 spiro atoms. The number of rotatable bonds is 3. The summed E-state index contributed by atoms with van der Waals surface area (Å²) in [5.74, 6) is -1.06. The van der Waals surface area contributed by atoms with Crippen LogP contribution in [0.1, 0.15) is 6.92 Å². The van der Waals surface area contributed by atoms with Crippen molar-refractivity contribution in [3.63, 3.8) is 0 Å². The third-order valence-corrected chi connectivity index (χ3v) is 1.02. The zero-order valence-electron chi connectivity index (χ0n) is 5.69. The van der Waals surface area contributed by atoms with Gasteiger partial charge in [-0.3, -0.25) is 0 Å². The predicted molar refractivity (Wildman–Crippen MR) is 36.4 cm³/mol. The third kappa shape index (κ3) is 4.05. The Balaban J connectivity index is 3.77. The van der Waals surface area contributed by atoms with Gasteiger partial charge in [0.1, 0.15) is 0 Å². The first-order chi connectivity index (χ1) is 4.54. The van der Waals surface area contributed by atoms with Crippen molar-refractivity contribution in [2.45, 2.75) is 19.1 Å². The van der Waals surface area contributed by atoms with Gasteiger partial charge in [-0.15, -0.1) is 0 Å². The van der Waals surface area contributed by atoms with E-state index >= 15 is 0 Å². The van der Waals surface area contributed by atoms with E-state index < -0.39 is 18.1 Å². The Morgan fingerprint density at radius 3 is 2.50 bits per heavy atom. The molecule has 0 aliphatic carbocycles. The fraction of sp³-hybridized carbons (Fsp3) is 0.500. The van der Waals surface area contributed by atoms with Gasteiger partial charge in [0.2, 0.25) is 0 Å². The number of hydrogen-bond acceptors (Lipinski definition) is 3. The molecule has 0 aromatic heterocycles. The monoisotopic (exact) mass is 145 g/mol. The van der Waals surface area contributed by atoms with Crippen molar-refractivity contribution in [3.8, 4) is 0 Å². The molecule has 4 nitrogen and oxygen atoms in total. The van der Waals surface area contributed by atoms with Crippen LogP contribution >= 0.6 is 0 Å². The van der Waals surface area contributed by atoms with E-state index in [-0.39, 0.29) is 0 Å². The van der Waals surface area contributed by atoms with Gasteiger partial charge >= 0.3 is 5.97 Å². The quantitative estimate of drug-likeness (QED) is 0.460. The summed E-state index contributed by atoms with van der Waals surface area (Å²) >= 11 is 0. The molecule has 0 saturated heterocycles. The van der Waals surface area contributed by atoms with Crippen molar-refractivity contribution in [3.05, 3.63) is 12.2 Å². The van der Waals surface area contributed by atoms with Gasteiger partial charge < -0.3 is 15.9 Å². The first kappa shape index (κ1) is 9.13. The summed E-state index contributed by atoms with van der Waals surface area (Å²) in [5, 5.41) is 16.9. The minimum Gasteiger partial charge on any atom is -0.478 e.